The summed E-state index contributed by atoms with van der Waals surface area (Å²) in [5.41, 5.74) is 9.66. The third-order valence-corrected chi connectivity index (χ3v) is 6.55. The summed E-state index contributed by atoms with van der Waals surface area (Å²) in [5, 5.41) is 0. The van der Waals surface area contributed by atoms with E-state index in [-0.39, 0.29) is 24.8 Å². The van der Waals surface area contributed by atoms with Gasteiger partial charge in [-0.2, -0.15) is 53.1 Å². The maximum absolute atomic E-state index is 2.21. The van der Waals surface area contributed by atoms with E-state index in [1.54, 1.807) is 23.3 Å². The summed E-state index contributed by atoms with van der Waals surface area (Å²) in [6.07, 6.45) is 0.715. The molecular formula is C28H37Cl2SiZr-3. The molecule has 4 rings (SSSR count). The van der Waals surface area contributed by atoms with Gasteiger partial charge in [-0.05, 0) is 0 Å². The van der Waals surface area contributed by atoms with Gasteiger partial charge in [-0.3, -0.25) is 0 Å². The molecule has 0 aliphatic carbocycles. The van der Waals surface area contributed by atoms with Crippen LogP contribution in [0.3, 0.4) is 0 Å². The molecule has 0 heterocycles. The summed E-state index contributed by atoms with van der Waals surface area (Å²) in [7, 11) is 0. The third kappa shape index (κ3) is 16.6. The van der Waals surface area contributed by atoms with E-state index in [0.717, 1.165) is 0 Å². The molecule has 0 spiro atoms. The Morgan fingerprint density at radius 2 is 0.969 bits per heavy atom. The molecule has 0 aromatic heterocycles. The van der Waals surface area contributed by atoms with E-state index in [1.807, 2.05) is 0 Å². The Kier molecular flexibility index (Phi) is 20.1. The summed E-state index contributed by atoms with van der Waals surface area (Å²) >= 11 is 1.72. The van der Waals surface area contributed by atoms with Gasteiger partial charge < -0.3 is 0 Å². The minimum atomic E-state index is 0. The number of rotatable bonds is 2. The summed E-state index contributed by atoms with van der Waals surface area (Å²) < 4.78 is 0. The molecule has 4 aromatic rings. The second kappa shape index (κ2) is 19.4. The van der Waals surface area contributed by atoms with Crippen LogP contribution in [0.4, 0.5) is 0 Å². The van der Waals surface area contributed by atoms with Crippen molar-refractivity contribution in [1.29, 1.82) is 0 Å². The van der Waals surface area contributed by atoms with E-state index >= 15 is 0 Å². The summed E-state index contributed by atoms with van der Waals surface area (Å²) in [6.45, 7) is 12.6. The van der Waals surface area contributed by atoms with Crippen molar-refractivity contribution in [3.05, 3.63) is 124 Å². The van der Waals surface area contributed by atoms with Gasteiger partial charge in [0, 0.05) is 0 Å². The Balaban J connectivity index is 0. The van der Waals surface area contributed by atoms with Gasteiger partial charge in [0.15, 0.2) is 0 Å². The number of halogens is 2. The van der Waals surface area contributed by atoms with E-state index in [4.69, 9.17) is 0 Å². The van der Waals surface area contributed by atoms with Crippen molar-refractivity contribution in [3.8, 4) is 0 Å². The van der Waals surface area contributed by atoms with Crippen LogP contribution >= 0.6 is 24.8 Å². The Hall–Kier alpha value is -1.05. The average Bonchev–Trinajstić information content (AvgIpc) is 3.40. The number of benzene rings is 1. The predicted octanol–water partition coefficient (Wildman–Crippen LogP) is 8.00. The van der Waals surface area contributed by atoms with Gasteiger partial charge in [0.05, 0.1) is 0 Å². The van der Waals surface area contributed by atoms with Crippen LogP contribution in [0.5, 0.6) is 0 Å². The Labute approximate surface area is 224 Å². The van der Waals surface area contributed by atoms with Gasteiger partial charge in [0.1, 0.15) is 0 Å². The quantitative estimate of drug-likeness (QED) is 0.171. The Morgan fingerprint density at radius 3 is 1.16 bits per heavy atom. The third-order valence-electron chi connectivity index (χ3n) is 4.37. The fourth-order valence-corrected chi connectivity index (χ4v) is 5.13. The monoisotopic (exact) mass is 561 g/mol. The van der Waals surface area contributed by atoms with Crippen molar-refractivity contribution >= 4 is 31.0 Å². The minimum absolute atomic E-state index is 0. The fraction of sp³-hybridized carbons (Fsp3) is 0.250. The van der Waals surface area contributed by atoms with E-state index in [9.17, 15) is 0 Å². The van der Waals surface area contributed by atoms with Crippen molar-refractivity contribution in [2.24, 2.45) is 0 Å². The van der Waals surface area contributed by atoms with Gasteiger partial charge in [0.2, 0.25) is 0 Å². The standard InChI is InChI=1S/C7H8Si.3C7H9.2ClH.Zr/c8-6-7-4-2-1-3-5-7;3*1-6-3-4-7(2)5-6;;;/h1-5,8H,6H2;3*3-5H,1-2H3;2*1H;/q;3*-1;;;. The van der Waals surface area contributed by atoms with Crippen molar-refractivity contribution in [2.75, 3.05) is 0 Å². The number of hydrogen-bond donors (Lipinski definition) is 0. The van der Waals surface area contributed by atoms with Crippen molar-refractivity contribution in [1.82, 2.24) is 0 Å². The molecule has 0 aliphatic heterocycles. The summed E-state index contributed by atoms with van der Waals surface area (Å²) in [6, 6.07) is 31.3. The van der Waals surface area contributed by atoms with E-state index in [2.05, 4.69) is 126 Å². The number of hydrogen-bond acceptors (Lipinski definition) is 0. The molecule has 0 saturated heterocycles. The van der Waals surface area contributed by atoms with E-state index in [0.29, 0.717) is 6.16 Å². The van der Waals surface area contributed by atoms with Crippen LogP contribution in [-0.2, 0) is 29.4 Å². The van der Waals surface area contributed by atoms with Gasteiger partial charge in [-0.15, -0.1) is 24.8 Å². The van der Waals surface area contributed by atoms with Crippen molar-refractivity contribution in [3.63, 3.8) is 0 Å². The van der Waals surface area contributed by atoms with E-state index in [1.165, 1.54) is 45.0 Å². The molecule has 0 radical (unpaired) electrons. The second-order valence-electron chi connectivity index (χ2n) is 7.79. The maximum atomic E-state index is 2.21. The first-order valence-corrected chi connectivity index (χ1v) is 16.1. The molecule has 0 fully saturated rings. The van der Waals surface area contributed by atoms with Crippen LogP contribution in [0.25, 0.3) is 0 Å². The van der Waals surface area contributed by atoms with Crippen LogP contribution < -0.4 is 0 Å². The Morgan fingerprint density at radius 1 is 0.625 bits per heavy atom. The summed E-state index contributed by atoms with van der Waals surface area (Å²) in [4.78, 5) is 0. The first kappa shape index (κ1) is 33.1. The molecule has 0 atom stereocenters. The van der Waals surface area contributed by atoms with Crippen LogP contribution in [0.15, 0.2) is 84.9 Å². The van der Waals surface area contributed by atoms with E-state index < -0.39 is 0 Å². The molecule has 0 bridgehead atoms. The topological polar surface area (TPSA) is 0 Å². The molecule has 0 amide bonds. The molecule has 0 unspecified atom stereocenters. The van der Waals surface area contributed by atoms with Gasteiger partial charge in [-0.1, -0.05) is 41.5 Å². The predicted molar refractivity (Wildman–Crippen MR) is 146 cm³/mol. The molecule has 0 aliphatic rings. The molecule has 4 heteroatoms. The second-order valence-corrected chi connectivity index (χ2v) is 11.6. The average molecular weight is 564 g/mol. The molecule has 4 aromatic carbocycles. The molecule has 174 valence electrons. The van der Waals surface area contributed by atoms with Crippen molar-refractivity contribution < 1.29 is 23.3 Å². The molecular weight excluding hydrogens is 527 g/mol. The zero-order valence-corrected chi connectivity index (χ0v) is 25.4. The van der Waals surface area contributed by atoms with Crippen LogP contribution in [0.2, 0.25) is 0 Å². The zero-order valence-electron chi connectivity index (χ0n) is 20.2. The van der Waals surface area contributed by atoms with Crippen LogP contribution in [0, 0.1) is 41.5 Å². The SMILES string of the molecule is Cc1c[cH-]c(C)c1.Cc1c[cH-]c(C)c1.Cc1c[cH-]c(C)c1.Cl.Cl.[Zr]=[SiH]Cc1ccccc1. The molecule has 0 nitrogen and oxygen atoms in total. The normalized spacial score (nSPS) is 8.66. The molecule has 0 N–H and O–H groups in total. The molecule has 32 heavy (non-hydrogen) atoms. The molecule has 0 saturated carbocycles. The first-order chi connectivity index (χ1) is 14.3. The van der Waals surface area contributed by atoms with Crippen LogP contribution in [0.1, 0.15) is 38.9 Å². The zero-order chi connectivity index (χ0) is 22.4. The van der Waals surface area contributed by atoms with Gasteiger partial charge >= 0.3 is 71.4 Å². The summed E-state index contributed by atoms with van der Waals surface area (Å²) in [5.74, 6) is 0. The van der Waals surface area contributed by atoms with Gasteiger partial charge in [-0.25, -0.2) is 34.9 Å². The number of aryl methyl sites for hydroxylation is 6. The Bertz CT molecular complexity index is 824. The fourth-order valence-electron chi connectivity index (χ4n) is 2.89. The van der Waals surface area contributed by atoms with Crippen LogP contribution in [-0.4, -0.2) is 6.16 Å². The van der Waals surface area contributed by atoms with Gasteiger partial charge in [0.25, 0.3) is 0 Å². The van der Waals surface area contributed by atoms with Crippen molar-refractivity contribution in [2.45, 2.75) is 47.6 Å². The first-order valence-electron chi connectivity index (χ1n) is 10.4.